The fraction of sp³-hybridized carbons (Fsp3) is 0.455. The second-order valence-corrected chi connectivity index (χ2v) is 3.81. The van der Waals surface area contributed by atoms with Gasteiger partial charge >= 0.3 is 0 Å². The zero-order valence-corrected chi connectivity index (χ0v) is 9.97. The van der Waals surface area contributed by atoms with Gasteiger partial charge in [0, 0.05) is 7.11 Å². The maximum absolute atomic E-state index is 6.02. The van der Waals surface area contributed by atoms with Crippen LogP contribution in [0.3, 0.4) is 0 Å². The molecule has 0 bridgehead atoms. The van der Waals surface area contributed by atoms with Gasteiger partial charge in [0.1, 0.15) is 5.75 Å². The Morgan fingerprint density at radius 3 is 2.60 bits per heavy atom. The molecule has 0 aliphatic rings. The Labute approximate surface area is 95.1 Å². The molecule has 0 radical (unpaired) electrons. The molecule has 0 fully saturated rings. The molecule has 1 rings (SSSR count). The number of rotatable bonds is 4. The van der Waals surface area contributed by atoms with E-state index in [0.717, 1.165) is 11.1 Å². The number of aryl methyl sites for hydroxylation is 1. The third-order valence-corrected chi connectivity index (χ3v) is 2.58. The van der Waals surface area contributed by atoms with Crippen LogP contribution in [0.4, 0.5) is 0 Å². The molecule has 1 aromatic carbocycles. The van der Waals surface area contributed by atoms with Gasteiger partial charge in [-0.25, -0.2) is 0 Å². The van der Waals surface area contributed by atoms with E-state index in [-0.39, 0.29) is 6.04 Å². The normalized spacial score (nSPS) is 12.6. The number of ether oxygens (including phenoxy) is 2. The Balaban J connectivity index is 3.04. The summed E-state index contributed by atoms with van der Waals surface area (Å²) < 4.78 is 10.1. The van der Waals surface area contributed by atoms with Crippen molar-refractivity contribution in [2.75, 3.05) is 20.8 Å². The van der Waals surface area contributed by atoms with Gasteiger partial charge in [-0.2, -0.15) is 0 Å². The van der Waals surface area contributed by atoms with Crippen molar-refractivity contribution in [2.24, 2.45) is 5.73 Å². The number of hydrogen-bond acceptors (Lipinski definition) is 3. The summed E-state index contributed by atoms with van der Waals surface area (Å²) in [5.74, 6) is 0.669. The highest BCUT2D eigenvalue weighted by Gasteiger charge is 2.12. The lowest BCUT2D eigenvalue weighted by molar-refractivity contribution is 0.180. The number of halogens is 1. The van der Waals surface area contributed by atoms with Crippen molar-refractivity contribution >= 4 is 11.6 Å². The molecule has 0 saturated heterocycles. The van der Waals surface area contributed by atoms with Gasteiger partial charge in [-0.15, -0.1) is 0 Å². The molecular weight excluding hydrogens is 214 g/mol. The average molecular weight is 230 g/mol. The van der Waals surface area contributed by atoms with E-state index in [1.165, 1.54) is 0 Å². The van der Waals surface area contributed by atoms with E-state index in [2.05, 4.69) is 0 Å². The highest BCUT2D eigenvalue weighted by molar-refractivity contribution is 6.32. The Morgan fingerprint density at radius 1 is 1.40 bits per heavy atom. The summed E-state index contributed by atoms with van der Waals surface area (Å²) in [6.07, 6.45) is 0. The first-order valence-corrected chi connectivity index (χ1v) is 5.06. The minimum atomic E-state index is -0.154. The van der Waals surface area contributed by atoms with Crippen molar-refractivity contribution in [1.29, 1.82) is 0 Å². The van der Waals surface area contributed by atoms with Gasteiger partial charge in [-0.05, 0) is 30.2 Å². The predicted octanol–water partition coefficient (Wildman–Crippen LogP) is 2.30. The van der Waals surface area contributed by atoms with Gasteiger partial charge in [-0.3, -0.25) is 0 Å². The van der Waals surface area contributed by atoms with Gasteiger partial charge in [0.15, 0.2) is 0 Å². The lowest BCUT2D eigenvalue weighted by Gasteiger charge is -2.15. The van der Waals surface area contributed by atoms with Crippen LogP contribution < -0.4 is 10.5 Å². The lowest BCUT2D eigenvalue weighted by Crippen LogP contribution is -2.17. The van der Waals surface area contributed by atoms with Crippen LogP contribution in [0.5, 0.6) is 5.75 Å². The fourth-order valence-corrected chi connectivity index (χ4v) is 1.74. The van der Waals surface area contributed by atoms with Crippen LogP contribution in [0.15, 0.2) is 12.1 Å². The molecule has 1 atom stereocenters. The van der Waals surface area contributed by atoms with Gasteiger partial charge in [0.05, 0.1) is 24.8 Å². The summed E-state index contributed by atoms with van der Waals surface area (Å²) in [5, 5.41) is 0.574. The lowest BCUT2D eigenvalue weighted by atomic mass is 10.0. The first-order chi connectivity index (χ1) is 7.10. The fourth-order valence-electron chi connectivity index (χ4n) is 1.50. The van der Waals surface area contributed by atoms with E-state index in [4.69, 9.17) is 26.8 Å². The molecule has 15 heavy (non-hydrogen) atoms. The molecule has 0 aromatic heterocycles. The monoisotopic (exact) mass is 229 g/mol. The van der Waals surface area contributed by atoms with Crippen LogP contribution in [0.1, 0.15) is 17.2 Å². The quantitative estimate of drug-likeness (QED) is 0.862. The van der Waals surface area contributed by atoms with Crippen molar-refractivity contribution < 1.29 is 9.47 Å². The van der Waals surface area contributed by atoms with Gasteiger partial charge < -0.3 is 15.2 Å². The zero-order chi connectivity index (χ0) is 11.4. The van der Waals surface area contributed by atoms with Crippen LogP contribution in [0, 0.1) is 6.92 Å². The topological polar surface area (TPSA) is 44.5 Å². The Kier molecular flexibility index (Phi) is 4.39. The molecule has 1 unspecified atom stereocenters. The molecule has 0 saturated carbocycles. The van der Waals surface area contributed by atoms with Crippen molar-refractivity contribution in [1.82, 2.24) is 0 Å². The van der Waals surface area contributed by atoms with Crippen LogP contribution in [-0.2, 0) is 4.74 Å². The molecular formula is C11H16ClNO2. The third kappa shape index (κ3) is 2.84. The molecule has 4 heteroatoms. The average Bonchev–Trinajstić information content (AvgIpc) is 2.21. The maximum Gasteiger partial charge on any atom is 0.137 e. The molecule has 0 aliphatic carbocycles. The van der Waals surface area contributed by atoms with E-state index in [9.17, 15) is 0 Å². The summed E-state index contributed by atoms with van der Waals surface area (Å²) >= 11 is 6.02. The van der Waals surface area contributed by atoms with Gasteiger partial charge in [-0.1, -0.05) is 11.6 Å². The Bertz CT molecular complexity index is 342. The van der Waals surface area contributed by atoms with E-state index < -0.39 is 0 Å². The summed E-state index contributed by atoms with van der Waals surface area (Å²) in [6.45, 7) is 2.45. The van der Waals surface area contributed by atoms with E-state index in [1.54, 1.807) is 14.2 Å². The highest BCUT2D eigenvalue weighted by Crippen LogP contribution is 2.30. The largest absolute Gasteiger partial charge is 0.495 e. The summed E-state index contributed by atoms with van der Waals surface area (Å²) in [4.78, 5) is 0. The standard InChI is InChI=1S/C11H16ClNO2/c1-7-4-11(15-3)9(12)5-8(7)10(13)6-14-2/h4-5,10H,6,13H2,1-3H3. The van der Waals surface area contributed by atoms with Gasteiger partial charge in [0.25, 0.3) is 0 Å². The molecule has 3 nitrogen and oxygen atoms in total. The summed E-state index contributed by atoms with van der Waals surface area (Å²) in [6, 6.07) is 3.56. The Morgan fingerprint density at radius 2 is 2.07 bits per heavy atom. The molecule has 0 aliphatic heterocycles. The highest BCUT2D eigenvalue weighted by atomic mass is 35.5. The molecule has 84 valence electrons. The molecule has 0 spiro atoms. The Hall–Kier alpha value is -0.770. The molecule has 2 N–H and O–H groups in total. The van der Waals surface area contributed by atoms with Crippen LogP contribution in [-0.4, -0.2) is 20.8 Å². The van der Waals surface area contributed by atoms with Crippen LogP contribution in [0.2, 0.25) is 5.02 Å². The first kappa shape index (κ1) is 12.3. The van der Waals surface area contributed by atoms with E-state index in [1.807, 2.05) is 19.1 Å². The van der Waals surface area contributed by atoms with Crippen molar-refractivity contribution in [2.45, 2.75) is 13.0 Å². The molecule has 0 heterocycles. The first-order valence-electron chi connectivity index (χ1n) is 4.68. The number of hydrogen-bond donors (Lipinski definition) is 1. The van der Waals surface area contributed by atoms with E-state index in [0.29, 0.717) is 17.4 Å². The predicted molar refractivity (Wildman–Crippen MR) is 61.5 cm³/mol. The van der Waals surface area contributed by atoms with Crippen LogP contribution in [0.25, 0.3) is 0 Å². The minimum absolute atomic E-state index is 0.154. The van der Waals surface area contributed by atoms with Crippen molar-refractivity contribution in [3.05, 3.63) is 28.3 Å². The van der Waals surface area contributed by atoms with Crippen molar-refractivity contribution in [3.63, 3.8) is 0 Å². The maximum atomic E-state index is 6.02. The SMILES string of the molecule is COCC(N)c1cc(Cl)c(OC)cc1C. The second kappa shape index (κ2) is 5.35. The third-order valence-electron chi connectivity index (χ3n) is 2.29. The van der Waals surface area contributed by atoms with Crippen LogP contribution >= 0.6 is 11.6 Å². The number of nitrogens with two attached hydrogens (primary N) is 1. The summed E-state index contributed by atoms with van der Waals surface area (Å²) in [7, 11) is 3.22. The molecule has 0 amide bonds. The van der Waals surface area contributed by atoms with E-state index >= 15 is 0 Å². The zero-order valence-electron chi connectivity index (χ0n) is 9.21. The van der Waals surface area contributed by atoms with Gasteiger partial charge in [0.2, 0.25) is 0 Å². The smallest absolute Gasteiger partial charge is 0.137 e. The number of benzene rings is 1. The second-order valence-electron chi connectivity index (χ2n) is 3.41. The minimum Gasteiger partial charge on any atom is -0.495 e. The number of methoxy groups -OCH3 is 2. The molecule has 1 aromatic rings. The van der Waals surface area contributed by atoms with Crippen molar-refractivity contribution in [3.8, 4) is 5.75 Å². The summed E-state index contributed by atoms with van der Waals surface area (Å²) in [5.41, 5.74) is 7.99.